The summed E-state index contributed by atoms with van der Waals surface area (Å²) in [5, 5.41) is 0. The Morgan fingerprint density at radius 3 is 2.80 bits per heavy atom. The Kier molecular flexibility index (Phi) is 3.60. The third-order valence-corrected chi connectivity index (χ3v) is 3.45. The minimum Gasteiger partial charge on any atom is -0.381 e. The number of aromatic nitrogens is 2. The van der Waals surface area contributed by atoms with Crippen LogP contribution >= 0.6 is 0 Å². The second-order valence-electron chi connectivity index (χ2n) is 5.08. The molecule has 106 valence electrons. The van der Waals surface area contributed by atoms with Crippen LogP contribution in [-0.2, 0) is 9.53 Å². The molecule has 2 N–H and O–H groups in total. The van der Waals surface area contributed by atoms with E-state index in [4.69, 9.17) is 4.74 Å². The molecule has 7 nitrogen and oxygen atoms in total. The molecule has 1 atom stereocenters. The Hall–Kier alpha value is -2.02. The Morgan fingerprint density at radius 2 is 2.10 bits per heavy atom. The van der Waals surface area contributed by atoms with Crippen LogP contribution in [0.2, 0.25) is 0 Å². The maximum atomic E-state index is 11.9. The largest absolute Gasteiger partial charge is 0.381 e. The van der Waals surface area contributed by atoms with Crippen molar-refractivity contribution in [3.63, 3.8) is 0 Å². The molecule has 1 aromatic heterocycles. The van der Waals surface area contributed by atoms with Crippen molar-refractivity contribution in [3.05, 3.63) is 23.8 Å². The summed E-state index contributed by atoms with van der Waals surface area (Å²) in [5.41, 5.74) is 5.05. The van der Waals surface area contributed by atoms with Crippen molar-refractivity contribution >= 4 is 11.8 Å². The first-order valence-corrected chi connectivity index (χ1v) is 6.75. The van der Waals surface area contributed by atoms with Gasteiger partial charge in [0, 0.05) is 18.7 Å². The Morgan fingerprint density at radius 1 is 1.25 bits per heavy atom. The van der Waals surface area contributed by atoms with Crippen molar-refractivity contribution < 1.29 is 14.3 Å². The second kappa shape index (κ2) is 5.54. The van der Waals surface area contributed by atoms with Gasteiger partial charge in [-0.3, -0.25) is 20.4 Å². The first-order chi connectivity index (χ1) is 9.74. The van der Waals surface area contributed by atoms with Crippen LogP contribution in [0.5, 0.6) is 0 Å². The number of amides is 2. The molecule has 0 radical (unpaired) electrons. The Balaban J connectivity index is 1.55. The van der Waals surface area contributed by atoms with E-state index in [-0.39, 0.29) is 17.5 Å². The zero-order valence-corrected chi connectivity index (χ0v) is 11.0. The van der Waals surface area contributed by atoms with Gasteiger partial charge in [0.2, 0.25) is 5.91 Å². The molecule has 1 saturated heterocycles. The fourth-order valence-corrected chi connectivity index (χ4v) is 2.06. The minimum absolute atomic E-state index is 0.192. The molecule has 2 aliphatic rings. The number of nitrogens with zero attached hydrogens (tertiary/aromatic N) is 2. The van der Waals surface area contributed by atoms with Gasteiger partial charge < -0.3 is 4.74 Å². The number of hydrogen-bond acceptors (Lipinski definition) is 5. The fourth-order valence-electron chi connectivity index (χ4n) is 2.06. The summed E-state index contributed by atoms with van der Waals surface area (Å²) < 4.78 is 5.12. The van der Waals surface area contributed by atoms with Gasteiger partial charge in [-0.1, -0.05) is 0 Å². The van der Waals surface area contributed by atoms with Gasteiger partial charge in [-0.15, -0.1) is 0 Å². The topological polar surface area (TPSA) is 93.2 Å². The smallest absolute Gasteiger partial charge is 0.288 e. The van der Waals surface area contributed by atoms with E-state index in [0.717, 1.165) is 12.8 Å². The van der Waals surface area contributed by atoms with Crippen LogP contribution in [0.25, 0.3) is 0 Å². The summed E-state index contributed by atoms with van der Waals surface area (Å²) in [4.78, 5) is 32.0. The molecule has 20 heavy (non-hydrogen) atoms. The molecule has 1 unspecified atom stereocenters. The van der Waals surface area contributed by atoms with E-state index in [9.17, 15) is 9.59 Å². The van der Waals surface area contributed by atoms with Gasteiger partial charge in [0.05, 0.1) is 12.5 Å². The summed E-state index contributed by atoms with van der Waals surface area (Å²) in [7, 11) is 0. The third kappa shape index (κ3) is 2.93. The monoisotopic (exact) mass is 276 g/mol. The highest BCUT2D eigenvalue weighted by Crippen LogP contribution is 2.37. The lowest BCUT2D eigenvalue weighted by Crippen LogP contribution is -2.45. The van der Waals surface area contributed by atoms with Crippen LogP contribution in [0.15, 0.2) is 12.3 Å². The number of hydrazine groups is 1. The Bertz CT molecular complexity index is 524. The maximum Gasteiger partial charge on any atom is 0.288 e. The van der Waals surface area contributed by atoms with Crippen molar-refractivity contribution in [2.75, 3.05) is 13.2 Å². The fraction of sp³-hybridized carbons (Fsp3) is 0.538. The number of hydrogen-bond donors (Lipinski definition) is 2. The van der Waals surface area contributed by atoms with Crippen molar-refractivity contribution in [1.29, 1.82) is 0 Å². The lowest BCUT2D eigenvalue weighted by atomic mass is 10.1. The Labute approximate surface area is 116 Å². The van der Waals surface area contributed by atoms with Crippen LogP contribution in [0.3, 0.4) is 0 Å². The number of ether oxygens (including phenoxy) is 1. The summed E-state index contributed by atoms with van der Waals surface area (Å²) >= 11 is 0. The van der Waals surface area contributed by atoms with Crippen molar-refractivity contribution in [3.8, 4) is 0 Å². The first kappa shape index (κ1) is 13.0. The van der Waals surface area contributed by atoms with Crippen molar-refractivity contribution in [2.24, 2.45) is 5.92 Å². The molecule has 1 aliphatic heterocycles. The molecule has 1 aromatic rings. The molecule has 0 spiro atoms. The zero-order valence-electron chi connectivity index (χ0n) is 11.0. The predicted molar refractivity (Wildman–Crippen MR) is 68.5 cm³/mol. The van der Waals surface area contributed by atoms with Gasteiger partial charge in [0.1, 0.15) is 11.5 Å². The lowest BCUT2D eigenvalue weighted by molar-refractivity contribution is -0.125. The molecule has 2 heterocycles. The van der Waals surface area contributed by atoms with Crippen molar-refractivity contribution in [1.82, 2.24) is 20.8 Å². The van der Waals surface area contributed by atoms with Crippen LogP contribution in [-0.4, -0.2) is 35.0 Å². The van der Waals surface area contributed by atoms with E-state index >= 15 is 0 Å². The van der Waals surface area contributed by atoms with Crippen LogP contribution in [0.4, 0.5) is 0 Å². The van der Waals surface area contributed by atoms with E-state index in [0.29, 0.717) is 31.4 Å². The number of carbonyl (C=O) groups is 2. The van der Waals surface area contributed by atoms with Gasteiger partial charge in [0.15, 0.2) is 0 Å². The molecule has 2 amide bonds. The van der Waals surface area contributed by atoms with Crippen LogP contribution in [0, 0.1) is 5.92 Å². The maximum absolute atomic E-state index is 11.9. The third-order valence-electron chi connectivity index (χ3n) is 3.45. The normalized spacial score (nSPS) is 21.5. The number of carbonyl (C=O) groups excluding carboxylic acids is 2. The van der Waals surface area contributed by atoms with Gasteiger partial charge in [-0.05, 0) is 25.3 Å². The van der Waals surface area contributed by atoms with Crippen molar-refractivity contribution in [2.45, 2.75) is 25.2 Å². The highest BCUT2D eigenvalue weighted by molar-refractivity contribution is 5.93. The standard InChI is InChI=1S/C13H16N4O3/c18-12(9-4-6-20-7-9)16-17-13(19)10-3-5-14-11(15-10)8-1-2-8/h3,5,8-9H,1-2,4,6-7H2,(H,16,18)(H,17,19). The molecule has 7 heteroatoms. The van der Waals surface area contributed by atoms with Crippen LogP contribution in [0.1, 0.15) is 41.5 Å². The van der Waals surface area contributed by atoms with E-state index in [1.54, 1.807) is 6.20 Å². The quantitative estimate of drug-likeness (QED) is 0.767. The highest BCUT2D eigenvalue weighted by Gasteiger charge is 2.27. The van der Waals surface area contributed by atoms with E-state index in [1.807, 2.05) is 0 Å². The SMILES string of the molecule is O=C(NNC(=O)C1CCOC1)c1ccnc(C2CC2)n1. The molecule has 1 saturated carbocycles. The van der Waals surface area contributed by atoms with E-state index in [2.05, 4.69) is 20.8 Å². The molecule has 1 aliphatic carbocycles. The van der Waals surface area contributed by atoms with Gasteiger partial charge in [-0.2, -0.15) is 0 Å². The lowest BCUT2D eigenvalue weighted by Gasteiger charge is -2.10. The predicted octanol–water partition coefficient (Wildman–Crippen LogP) is 0.151. The van der Waals surface area contributed by atoms with E-state index in [1.165, 1.54) is 6.07 Å². The summed E-state index contributed by atoms with van der Waals surface area (Å²) in [6, 6.07) is 1.53. The van der Waals surface area contributed by atoms with Gasteiger partial charge in [0.25, 0.3) is 5.91 Å². The summed E-state index contributed by atoms with van der Waals surface area (Å²) in [6.07, 6.45) is 4.40. The first-order valence-electron chi connectivity index (χ1n) is 6.75. The number of nitrogens with one attached hydrogen (secondary N) is 2. The van der Waals surface area contributed by atoms with E-state index < -0.39 is 5.91 Å². The summed E-state index contributed by atoms with van der Waals surface area (Å²) in [5.74, 6) is 0.234. The molecular weight excluding hydrogens is 260 g/mol. The second-order valence-corrected chi connectivity index (χ2v) is 5.08. The van der Waals surface area contributed by atoms with Crippen LogP contribution < -0.4 is 10.9 Å². The molecule has 0 aromatic carbocycles. The highest BCUT2D eigenvalue weighted by atomic mass is 16.5. The average Bonchev–Trinajstić information content (AvgIpc) is 3.19. The zero-order chi connectivity index (χ0) is 13.9. The summed E-state index contributed by atoms with van der Waals surface area (Å²) in [6.45, 7) is 0.990. The molecule has 0 bridgehead atoms. The molecular formula is C13H16N4O3. The molecule has 2 fully saturated rings. The number of rotatable bonds is 3. The van der Waals surface area contributed by atoms with Gasteiger partial charge >= 0.3 is 0 Å². The minimum atomic E-state index is -0.429. The average molecular weight is 276 g/mol. The molecule has 3 rings (SSSR count). The van der Waals surface area contributed by atoms with Gasteiger partial charge in [-0.25, -0.2) is 9.97 Å².